The van der Waals surface area contributed by atoms with Gasteiger partial charge in [-0.1, -0.05) is 60.2 Å². The largest absolute Gasteiger partial charge is 0.347 e. The standard InChI is InChI=1S/C19H19N3/c1-15-8-10-17(11-9-15)18(14-16-6-3-2-4-7-16)22-19-20-12-5-13-21-19/h2-13,18H,14H2,1H3,(H,20,21,22). The van der Waals surface area contributed by atoms with E-state index in [4.69, 9.17) is 0 Å². The Labute approximate surface area is 131 Å². The molecule has 0 amide bonds. The van der Waals surface area contributed by atoms with E-state index in [9.17, 15) is 0 Å². The average Bonchev–Trinajstić information content (AvgIpc) is 2.57. The molecule has 3 heteroatoms. The molecule has 0 bridgehead atoms. The molecule has 0 saturated carbocycles. The first-order valence-electron chi connectivity index (χ1n) is 7.45. The minimum atomic E-state index is 0.144. The summed E-state index contributed by atoms with van der Waals surface area (Å²) >= 11 is 0. The predicted octanol–water partition coefficient (Wildman–Crippen LogP) is 4.18. The molecule has 1 atom stereocenters. The number of nitrogens with one attached hydrogen (secondary N) is 1. The number of benzene rings is 2. The Hall–Kier alpha value is -2.68. The number of anilines is 1. The van der Waals surface area contributed by atoms with E-state index in [1.54, 1.807) is 12.4 Å². The minimum absolute atomic E-state index is 0.144. The molecule has 0 aliphatic heterocycles. The normalized spacial score (nSPS) is 11.9. The Balaban J connectivity index is 1.86. The molecule has 0 spiro atoms. The van der Waals surface area contributed by atoms with Gasteiger partial charge in [0.1, 0.15) is 0 Å². The third-order valence-electron chi connectivity index (χ3n) is 3.63. The molecule has 1 N–H and O–H groups in total. The van der Waals surface area contributed by atoms with Crippen LogP contribution < -0.4 is 5.32 Å². The Bertz CT molecular complexity index is 652. The maximum atomic E-state index is 4.28. The Morgan fingerprint density at radius 2 is 1.55 bits per heavy atom. The van der Waals surface area contributed by atoms with Crippen LogP contribution in [0.15, 0.2) is 73.1 Å². The summed E-state index contributed by atoms with van der Waals surface area (Å²) in [4.78, 5) is 8.56. The summed E-state index contributed by atoms with van der Waals surface area (Å²) in [6.45, 7) is 2.10. The van der Waals surface area contributed by atoms with Gasteiger partial charge < -0.3 is 5.32 Å². The molecule has 0 radical (unpaired) electrons. The smallest absolute Gasteiger partial charge is 0.223 e. The van der Waals surface area contributed by atoms with Crippen molar-refractivity contribution in [3.63, 3.8) is 0 Å². The van der Waals surface area contributed by atoms with E-state index in [1.807, 2.05) is 12.1 Å². The van der Waals surface area contributed by atoms with Gasteiger partial charge in [-0.2, -0.15) is 0 Å². The molecule has 3 nitrogen and oxygen atoms in total. The maximum absolute atomic E-state index is 4.28. The zero-order valence-corrected chi connectivity index (χ0v) is 12.6. The predicted molar refractivity (Wildman–Crippen MR) is 89.7 cm³/mol. The highest BCUT2D eigenvalue weighted by Gasteiger charge is 2.13. The molecular weight excluding hydrogens is 270 g/mol. The van der Waals surface area contributed by atoms with Crippen LogP contribution in [0, 0.1) is 6.92 Å². The van der Waals surface area contributed by atoms with Gasteiger partial charge in [-0.25, -0.2) is 9.97 Å². The van der Waals surface area contributed by atoms with Gasteiger partial charge in [0.25, 0.3) is 0 Å². The molecule has 0 aliphatic carbocycles. The van der Waals surface area contributed by atoms with Crippen molar-refractivity contribution in [2.75, 3.05) is 5.32 Å². The highest BCUT2D eigenvalue weighted by atomic mass is 15.1. The molecule has 0 fully saturated rings. The fourth-order valence-electron chi connectivity index (χ4n) is 2.43. The van der Waals surface area contributed by atoms with E-state index < -0.39 is 0 Å². The van der Waals surface area contributed by atoms with Crippen molar-refractivity contribution >= 4 is 5.95 Å². The topological polar surface area (TPSA) is 37.8 Å². The Morgan fingerprint density at radius 3 is 2.23 bits per heavy atom. The number of aryl methyl sites for hydroxylation is 1. The minimum Gasteiger partial charge on any atom is -0.347 e. The monoisotopic (exact) mass is 289 g/mol. The summed E-state index contributed by atoms with van der Waals surface area (Å²) in [5.41, 5.74) is 3.79. The summed E-state index contributed by atoms with van der Waals surface area (Å²) < 4.78 is 0. The quantitative estimate of drug-likeness (QED) is 0.765. The van der Waals surface area contributed by atoms with Gasteiger partial charge in [0.05, 0.1) is 6.04 Å². The fraction of sp³-hybridized carbons (Fsp3) is 0.158. The summed E-state index contributed by atoms with van der Waals surface area (Å²) in [7, 11) is 0. The number of hydrogen-bond donors (Lipinski definition) is 1. The second-order valence-corrected chi connectivity index (χ2v) is 5.37. The lowest BCUT2D eigenvalue weighted by Crippen LogP contribution is -2.15. The maximum Gasteiger partial charge on any atom is 0.223 e. The zero-order valence-electron chi connectivity index (χ0n) is 12.6. The molecule has 0 saturated heterocycles. The van der Waals surface area contributed by atoms with Gasteiger partial charge in [0.2, 0.25) is 5.95 Å². The van der Waals surface area contributed by atoms with Gasteiger partial charge in [0.15, 0.2) is 0 Å². The van der Waals surface area contributed by atoms with E-state index >= 15 is 0 Å². The summed E-state index contributed by atoms with van der Waals surface area (Å²) in [6, 6.07) is 21.1. The number of rotatable bonds is 5. The number of nitrogens with zero attached hydrogens (tertiary/aromatic N) is 2. The molecule has 0 aliphatic rings. The van der Waals surface area contributed by atoms with Crippen LogP contribution in [-0.4, -0.2) is 9.97 Å². The third kappa shape index (κ3) is 3.70. The molecule has 110 valence electrons. The van der Waals surface area contributed by atoms with Crippen LogP contribution in [0.3, 0.4) is 0 Å². The van der Waals surface area contributed by atoms with Crippen LogP contribution in [0.1, 0.15) is 22.7 Å². The summed E-state index contributed by atoms with van der Waals surface area (Å²) in [5, 5.41) is 3.44. The van der Waals surface area contributed by atoms with E-state index in [0.29, 0.717) is 5.95 Å². The second kappa shape index (κ2) is 6.85. The molecule has 1 aromatic heterocycles. The summed E-state index contributed by atoms with van der Waals surface area (Å²) in [6.07, 6.45) is 4.40. The molecular formula is C19H19N3. The lowest BCUT2D eigenvalue weighted by molar-refractivity contribution is 0.762. The van der Waals surface area contributed by atoms with Crippen LogP contribution in [0.5, 0.6) is 0 Å². The van der Waals surface area contributed by atoms with Crippen molar-refractivity contribution in [1.82, 2.24) is 9.97 Å². The van der Waals surface area contributed by atoms with Crippen LogP contribution >= 0.6 is 0 Å². The van der Waals surface area contributed by atoms with Crippen molar-refractivity contribution in [2.24, 2.45) is 0 Å². The van der Waals surface area contributed by atoms with E-state index in [1.165, 1.54) is 16.7 Å². The average molecular weight is 289 g/mol. The number of hydrogen-bond acceptors (Lipinski definition) is 3. The third-order valence-corrected chi connectivity index (χ3v) is 3.63. The first-order chi connectivity index (χ1) is 10.8. The van der Waals surface area contributed by atoms with Crippen LogP contribution in [0.2, 0.25) is 0 Å². The van der Waals surface area contributed by atoms with E-state index in [0.717, 1.165) is 6.42 Å². The molecule has 1 heterocycles. The highest BCUT2D eigenvalue weighted by Crippen LogP contribution is 2.22. The first kappa shape index (κ1) is 14.3. The first-order valence-corrected chi connectivity index (χ1v) is 7.45. The lowest BCUT2D eigenvalue weighted by atomic mass is 9.98. The molecule has 22 heavy (non-hydrogen) atoms. The Kier molecular flexibility index (Phi) is 4.44. The van der Waals surface area contributed by atoms with Crippen molar-refractivity contribution < 1.29 is 0 Å². The second-order valence-electron chi connectivity index (χ2n) is 5.37. The van der Waals surface area contributed by atoms with Crippen LogP contribution in [0.4, 0.5) is 5.95 Å². The Morgan fingerprint density at radius 1 is 0.864 bits per heavy atom. The molecule has 3 aromatic rings. The SMILES string of the molecule is Cc1ccc(C(Cc2ccccc2)Nc2ncccn2)cc1. The van der Waals surface area contributed by atoms with E-state index in [-0.39, 0.29) is 6.04 Å². The van der Waals surface area contributed by atoms with Crippen molar-refractivity contribution in [3.8, 4) is 0 Å². The van der Waals surface area contributed by atoms with Gasteiger partial charge in [-0.15, -0.1) is 0 Å². The van der Waals surface area contributed by atoms with Crippen LogP contribution in [-0.2, 0) is 6.42 Å². The van der Waals surface area contributed by atoms with E-state index in [2.05, 4.69) is 70.7 Å². The molecule has 1 unspecified atom stereocenters. The van der Waals surface area contributed by atoms with Gasteiger partial charge in [-0.3, -0.25) is 0 Å². The zero-order chi connectivity index (χ0) is 15.2. The van der Waals surface area contributed by atoms with Gasteiger partial charge >= 0.3 is 0 Å². The highest BCUT2D eigenvalue weighted by molar-refractivity contribution is 5.34. The summed E-state index contributed by atoms with van der Waals surface area (Å²) in [5.74, 6) is 0.656. The molecule has 3 rings (SSSR count). The number of aromatic nitrogens is 2. The fourth-order valence-corrected chi connectivity index (χ4v) is 2.43. The van der Waals surface area contributed by atoms with Gasteiger partial charge in [-0.05, 0) is 30.5 Å². The van der Waals surface area contributed by atoms with Crippen LogP contribution in [0.25, 0.3) is 0 Å². The lowest BCUT2D eigenvalue weighted by Gasteiger charge is -2.19. The van der Waals surface area contributed by atoms with Crippen molar-refractivity contribution in [1.29, 1.82) is 0 Å². The van der Waals surface area contributed by atoms with Crippen molar-refractivity contribution in [2.45, 2.75) is 19.4 Å². The van der Waals surface area contributed by atoms with Gasteiger partial charge in [0, 0.05) is 12.4 Å². The molecule has 2 aromatic carbocycles. The van der Waals surface area contributed by atoms with Crippen molar-refractivity contribution in [3.05, 3.63) is 89.7 Å².